The molecule has 15 heavy (non-hydrogen) atoms. The number of amides is 1. The van der Waals surface area contributed by atoms with Crippen molar-refractivity contribution in [3.8, 4) is 0 Å². The number of aliphatic hydroxyl groups excluding tert-OH is 1. The second-order valence-electron chi connectivity index (χ2n) is 5.42. The molecule has 0 aromatic rings. The highest BCUT2D eigenvalue weighted by Crippen LogP contribution is 2.33. The summed E-state index contributed by atoms with van der Waals surface area (Å²) in [7, 11) is 0. The number of nitrogens with one attached hydrogen (secondary N) is 2. The molecule has 2 rings (SSSR count). The molecule has 86 valence electrons. The molecular weight excluding hydrogens is 192 g/mol. The van der Waals surface area contributed by atoms with Crippen LogP contribution in [0.5, 0.6) is 0 Å². The zero-order valence-electron chi connectivity index (χ0n) is 9.42. The topological polar surface area (TPSA) is 61.4 Å². The summed E-state index contributed by atoms with van der Waals surface area (Å²) in [5, 5.41) is 15.4. The van der Waals surface area contributed by atoms with Crippen LogP contribution in [0.4, 0.5) is 0 Å². The van der Waals surface area contributed by atoms with Gasteiger partial charge in [0.15, 0.2) is 0 Å². The van der Waals surface area contributed by atoms with Gasteiger partial charge in [-0.1, -0.05) is 0 Å². The van der Waals surface area contributed by atoms with E-state index < -0.39 is 5.54 Å². The highest BCUT2D eigenvalue weighted by atomic mass is 16.3. The first-order valence-electron chi connectivity index (χ1n) is 5.71. The molecule has 0 aromatic heterocycles. The van der Waals surface area contributed by atoms with Crippen molar-refractivity contribution in [2.75, 3.05) is 6.61 Å². The van der Waals surface area contributed by atoms with Gasteiger partial charge in [0.05, 0.1) is 18.1 Å². The van der Waals surface area contributed by atoms with Crippen molar-refractivity contribution in [3.63, 3.8) is 0 Å². The molecule has 2 fully saturated rings. The summed E-state index contributed by atoms with van der Waals surface area (Å²) in [6.45, 7) is 3.66. The molecule has 0 aromatic carbocycles. The van der Waals surface area contributed by atoms with Crippen molar-refractivity contribution >= 4 is 5.91 Å². The largest absolute Gasteiger partial charge is 0.394 e. The fourth-order valence-corrected chi connectivity index (χ4v) is 2.58. The molecule has 0 saturated carbocycles. The summed E-state index contributed by atoms with van der Waals surface area (Å²) in [6, 6.07) is 0.910. The summed E-state index contributed by atoms with van der Waals surface area (Å²) < 4.78 is 0. The number of hydrogen-bond acceptors (Lipinski definition) is 3. The fraction of sp³-hybridized carbons (Fsp3) is 0.909. The van der Waals surface area contributed by atoms with Gasteiger partial charge in [0.1, 0.15) is 0 Å². The van der Waals surface area contributed by atoms with Crippen LogP contribution in [0.1, 0.15) is 33.1 Å². The lowest BCUT2D eigenvalue weighted by atomic mass is 9.88. The van der Waals surface area contributed by atoms with Crippen LogP contribution in [0.15, 0.2) is 0 Å². The average molecular weight is 212 g/mol. The molecule has 0 aliphatic carbocycles. The SMILES string of the molecule is CC(C)(CO)NC(=O)C1CC2CCC1N2. The van der Waals surface area contributed by atoms with Gasteiger partial charge < -0.3 is 15.7 Å². The first-order valence-corrected chi connectivity index (χ1v) is 5.71. The second-order valence-corrected chi connectivity index (χ2v) is 5.42. The minimum Gasteiger partial charge on any atom is -0.394 e. The van der Waals surface area contributed by atoms with Crippen LogP contribution >= 0.6 is 0 Å². The van der Waals surface area contributed by atoms with Gasteiger partial charge in [0.25, 0.3) is 0 Å². The minimum atomic E-state index is -0.501. The first-order chi connectivity index (χ1) is 7.02. The predicted octanol–water partition coefficient (Wildman–Crippen LogP) is 0.0140. The van der Waals surface area contributed by atoms with Gasteiger partial charge in [0.2, 0.25) is 5.91 Å². The van der Waals surface area contributed by atoms with Gasteiger partial charge in [-0.3, -0.25) is 4.79 Å². The van der Waals surface area contributed by atoms with Gasteiger partial charge in [-0.05, 0) is 33.1 Å². The number of carbonyl (C=O) groups is 1. The molecule has 0 radical (unpaired) electrons. The molecule has 0 spiro atoms. The van der Waals surface area contributed by atoms with E-state index in [0.29, 0.717) is 12.1 Å². The fourth-order valence-electron chi connectivity index (χ4n) is 2.58. The lowest BCUT2D eigenvalue weighted by Crippen LogP contribution is -2.50. The summed E-state index contributed by atoms with van der Waals surface area (Å²) in [4.78, 5) is 11.9. The molecule has 4 nitrogen and oxygen atoms in total. The molecule has 4 heteroatoms. The number of hydrogen-bond donors (Lipinski definition) is 3. The third-order valence-electron chi connectivity index (χ3n) is 3.49. The summed E-state index contributed by atoms with van der Waals surface area (Å²) >= 11 is 0. The van der Waals surface area contributed by atoms with E-state index in [4.69, 9.17) is 5.11 Å². The first kappa shape index (κ1) is 10.9. The summed E-state index contributed by atoms with van der Waals surface area (Å²) in [6.07, 6.45) is 3.28. The van der Waals surface area contributed by atoms with Crippen molar-refractivity contribution in [1.29, 1.82) is 0 Å². The number of fused-ring (bicyclic) bond motifs is 2. The smallest absolute Gasteiger partial charge is 0.225 e. The van der Waals surface area contributed by atoms with Crippen LogP contribution in [-0.2, 0) is 4.79 Å². The Morgan fingerprint density at radius 2 is 2.27 bits per heavy atom. The molecule has 3 N–H and O–H groups in total. The third kappa shape index (κ3) is 2.16. The Morgan fingerprint density at radius 1 is 1.53 bits per heavy atom. The maximum Gasteiger partial charge on any atom is 0.225 e. The van der Waals surface area contributed by atoms with Crippen LogP contribution in [0.3, 0.4) is 0 Å². The molecule has 1 amide bonds. The standard InChI is InChI=1S/C11H20N2O2/c1-11(2,6-14)13-10(15)8-5-7-3-4-9(8)12-7/h7-9,12,14H,3-6H2,1-2H3,(H,13,15). The van der Waals surface area contributed by atoms with Crippen molar-refractivity contribution in [2.45, 2.75) is 50.7 Å². The van der Waals surface area contributed by atoms with Crippen molar-refractivity contribution in [2.24, 2.45) is 5.92 Å². The van der Waals surface area contributed by atoms with Gasteiger partial charge in [-0.25, -0.2) is 0 Å². The lowest BCUT2D eigenvalue weighted by Gasteiger charge is -2.27. The average Bonchev–Trinajstić information content (AvgIpc) is 2.78. The monoisotopic (exact) mass is 212 g/mol. The van der Waals surface area contributed by atoms with Crippen LogP contribution in [0.2, 0.25) is 0 Å². The molecule has 2 bridgehead atoms. The van der Waals surface area contributed by atoms with E-state index in [1.807, 2.05) is 13.8 Å². The highest BCUT2D eigenvalue weighted by molar-refractivity contribution is 5.80. The second kappa shape index (κ2) is 3.76. The Morgan fingerprint density at radius 3 is 2.73 bits per heavy atom. The summed E-state index contributed by atoms with van der Waals surface area (Å²) in [5.41, 5.74) is -0.501. The van der Waals surface area contributed by atoms with E-state index in [9.17, 15) is 4.79 Å². The van der Waals surface area contributed by atoms with Crippen molar-refractivity contribution in [3.05, 3.63) is 0 Å². The van der Waals surface area contributed by atoms with Crippen LogP contribution in [-0.4, -0.2) is 35.2 Å². The minimum absolute atomic E-state index is 0.0208. The van der Waals surface area contributed by atoms with E-state index in [0.717, 1.165) is 12.8 Å². The van der Waals surface area contributed by atoms with Crippen molar-refractivity contribution in [1.82, 2.24) is 10.6 Å². The highest BCUT2D eigenvalue weighted by Gasteiger charge is 2.43. The van der Waals surface area contributed by atoms with Crippen LogP contribution in [0.25, 0.3) is 0 Å². The Bertz CT molecular complexity index is 265. The zero-order valence-corrected chi connectivity index (χ0v) is 9.42. The van der Waals surface area contributed by atoms with Gasteiger partial charge in [0, 0.05) is 12.1 Å². The predicted molar refractivity (Wildman–Crippen MR) is 57.4 cm³/mol. The maximum atomic E-state index is 11.9. The van der Waals surface area contributed by atoms with Crippen molar-refractivity contribution < 1.29 is 9.90 Å². The molecule has 3 atom stereocenters. The Balaban J connectivity index is 1.92. The Kier molecular flexibility index (Phi) is 2.73. The van der Waals surface area contributed by atoms with Crippen LogP contribution in [0, 0.1) is 5.92 Å². The maximum absolute atomic E-state index is 11.9. The molecule has 2 aliphatic rings. The molecule has 3 unspecified atom stereocenters. The number of carbonyl (C=O) groups excluding carboxylic acids is 1. The quantitative estimate of drug-likeness (QED) is 0.618. The normalized spacial score (nSPS) is 34.5. The Labute approximate surface area is 90.4 Å². The Hall–Kier alpha value is -0.610. The molecule has 2 aliphatic heterocycles. The zero-order chi connectivity index (χ0) is 11.1. The van der Waals surface area contributed by atoms with Gasteiger partial charge in [-0.15, -0.1) is 0 Å². The van der Waals surface area contributed by atoms with E-state index in [2.05, 4.69) is 10.6 Å². The third-order valence-corrected chi connectivity index (χ3v) is 3.49. The van der Waals surface area contributed by atoms with Gasteiger partial charge in [-0.2, -0.15) is 0 Å². The van der Waals surface area contributed by atoms with Crippen LogP contribution < -0.4 is 10.6 Å². The lowest BCUT2D eigenvalue weighted by molar-refractivity contribution is -0.127. The molecule has 2 saturated heterocycles. The van der Waals surface area contributed by atoms with E-state index >= 15 is 0 Å². The number of aliphatic hydroxyl groups is 1. The summed E-state index contributed by atoms with van der Waals surface area (Å²) in [5.74, 6) is 0.198. The van der Waals surface area contributed by atoms with E-state index in [1.165, 1.54) is 6.42 Å². The number of rotatable bonds is 3. The van der Waals surface area contributed by atoms with Gasteiger partial charge >= 0.3 is 0 Å². The van der Waals surface area contributed by atoms with E-state index in [1.54, 1.807) is 0 Å². The van der Waals surface area contributed by atoms with E-state index in [-0.39, 0.29) is 18.4 Å². The molecular formula is C11H20N2O2. The molecule has 2 heterocycles.